The van der Waals surface area contributed by atoms with Gasteiger partial charge in [-0.25, -0.2) is 10.8 Å². The SMILES string of the molecule is CCc1cc2c(NC(C)C3CCCC3)nc(NN)nc2s1. The summed E-state index contributed by atoms with van der Waals surface area (Å²) in [5, 5.41) is 4.71. The van der Waals surface area contributed by atoms with Gasteiger partial charge in [0, 0.05) is 10.9 Å². The van der Waals surface area contributed by atoms with Crippen LogP contribution in [0.5, 0.6) is 0 Å². The Balaban J connectivity index is 1.93. The first kappa shape index (κ1) is 14.5. The third-order valence-corrected chi connectivity index (χ3v) is 5.57. The number of hydrazine groups is 1. The van der Waals surface area contributed by atoms with Gasteiger partial charge in [-0.05, 0) is 38.2 Å². The van der Waals surface area contributed by atoms with Gasteiger partial charge >= 0.3 is 0 Å². The highest BCUT2D eigenvalue weighted by Crippen LogP contribution is 2.33. The molecule has 21 heavy (non-hydrogen) atoms. The molecule has 114 valence electrons. The fraction of sp³-hybridized carbons (Fsp3) is 0.600. The summed E-state index contributed by atoms with van der Waals surface area (Å²) in [7, 11) is 0. The molecule has 6 heteroatoms. The van der Waals surface area contributed by atoms with Crippen molar-refractivity contribution in [3.8, 4) is 0 Å². The lowest BCUT2D eigenvalue weighted by Crippen LogP contribution is -2.25. The van der Waals surface area contributed by atoms with Crippen LogP contribution in [-0.2, 0) is 6.42 Å². The molecule has 0 radical (unpaired) electrons. The molecule has 0 aromatic carbocycles. The van der Waals surface area contributed by atoms with E-state index < -0.39 is 0 Å². The van der Waals surface area contributed by atoms with Crippen LogP contribution < -0.4 is 16.6 Å². The number of rotatable bonds is 5. The predicted molar refractivity (Wildman–Crippen MR) is 89.6 cm³/mol. The molecule has 0 saturated heterocycles. The van der Waals surface area contributed by atoms with Gasteiger partial charge in [-0.1, -0.05) is 19.8 Å². The topological polar surface area (TPSA) is 75.9 Å². The molecule has 1 aliphatic rings. The molecule has 3 rings (SSSR count). The van der Waals surface area contributed by atoms with Crippen LogP contribution in [0.4, 0.5) is 11.8 Å². The highest BCUT2D eigenvalue weighted by atomic mass is 32.1. The number of thiophene rings is 1. The number of hydrogen-bond acceptors (Lipinski definition) is 6. The molecule has 1 atom stereocenters. The first-order chi connectivity index (χ1) is 10.2. The molecule has 2 heterocycles. The number of nitrogens with zero attached hydrogens (tertiary/aromatic N) is 2. The summed E-state index contributed by atoms with van der Waals surface area (Å²) >= 11 is 1.71. The first-order valence-corrected chi connectivity index (χ1v) is 8.56. The zero-order valence-electron chi connectivity index (χ0n) is 12.6. The molecular weight excluding hydrogens is 282 g/mol. The molecule has 2 aromatic rings. The molecule has 1 saturated carbocycles. The van der Waals surface area contributed by atoms with Crippen molar-refractivity contribution in [2.75, 3.05) is 10.7 Å². The Hall–Kier alpha value is -1.40. The average Bonchev–Trinajstić information content (AvgIpc) is 3.15. The molecule has 1 unspecified atom stereocenters. The van der Waals surface area contributed by atoms with Crippen molar-refractivity contribution in [2.24, 2.45) is 11.8 Å². The minimum Gasteiger partial charge on any atom is -0.367 e. The van der Waals surface area contributed by atoms with Crippen LogP contribution in [0, 0.1) is 5.92 Å². The second-order valence-electron chi connectivity index (χ2n) is 5.80. The Kier molecular flexibility index (Phi) is 4.26. The Labute approximate surface area is 129 Å². The van der Waals surface area contributed by atoms with E-state index in [-0.39, 0.29) is 0 Å². The van der Waals surface area contributed by atoms with Crippen LogP contribution in [0.25, 0.3) is 10.2 Å². The van der Waals surface area contributed by atoms with Gasteiger partial charge in [-0.2, -0.15) is 4.98 Å². The number of aromatic nitrogens is 2. The monoisotopic (exact) mass is 305 g/mol. The summed E-state index contributed by atoms with van der Waals surface area (Å²) < 4.78 is 0. The van der Waals surface area contributed by atoms with E-state index in [1.165, 1.54) is 30.6 Å². The summed E-state index contributed by atoms with van der Waals surface area (Å²) in [6.07, 6.45) is 6.35. The minimum atomic E-state index is 0.432. The van der Waals surface area contributed by atoms with E-state index in [0.717, 1.165) is 28.4 Å². The van der Waals surface area contributed by atoms with E-state index in [1.54, 1.807) is 11.3 Å². The zero-order valence-corrected chi connectivity index (χ0v) is 13.5. The Morgan fingerprint density at radius 1 is 1.38 bits per heavy atom. The second-order valence-corrected chi connectivity index (χ2v) is 6.92. The summed E-state index contributed by atoms with van der Waals surface area (Å²) in [5.41, 5.74) is 2.57. The van der Waals surface area contributed by atoms with E-state index in [9.17, 15) is 0 Å². The third-order valence-electron chi connectivity index (χ3n) is 4.39. The van der Waals surface area contributed by atoms with Crippen molar-refractivity contribution in [1.82, 2.24) is 9.97 Å². The Bertz CT molecular complexity index is 618. The van der Waals surface area contributed by atoms with Crippen LogP contribution in [-0.4, -0.2) is 16.0 Å². The molecule has 1 fully saturated rings. The van der Waals surface area contributed by atoms with Crippen LogP contribution in [0.3, 0.4) is 0 Å². The van der Waals surface area contributed by atoms with Crippen LogP contribution >= 0.6 is 11.3 Å². The molecule has 4 N–H and O–H groups in total. The molecular formula is C15H23N5S. The average molecular weight is 305 g/mol. The van der Waals surface area contributed by atoms with E-state index >= 15 is 0 Å². The van der Waals surface area contributed by atoms with Gasteiger partial charge in [-0.15, -0.1) is 11.3 Å². The van der Waals surface area contributed by atoms with Crippen LogP contribution in [0.1, 0.15) is 44.4 Å². The summed E-state index contributed by atoms with van der Waals surface area (Å²) in [6.45, 7) is 4.42. The van der Waals surface area contributed by atoms with Gasteiger partial charge in [0.05, 0.1) is 5.39 Å². The summed E-state index contributed by atoms with van der Waals surface area (Å²) in [4.78, 5) is 11.3. The smallest absolute Gasteiger partial charge is 0.240 e. The van der Waals surface area contributed by atoms with Gasteiger partial charge < -0.3 is 5.32 Å². The standard InChI is InChI=1S/C15H23N5S/c1-3-11-8-12-13(17-9(2)10-6-4-5-7-10)18-15(20-16)19-14(12)21-11/h8-10H,3-7,16H2,1-2H3,(H2,17,18,19,20). The van der Waals surface area contributed by atoms with E-state index in [4.69, 9.17) is 5.84 Å². The van der Waals surface area contributed by atoms with E-state index in [1.807, 2.05) is 0 Å². The maximum atomic E-state index is 5.50. The Morgan fingerprint density at radius 2 is 2.14 bits per heavy atom. The molecule has 0 amide bonds. The Morgan fingerprint density at radius 3 is 2.81 bits per heavy atom. The zero-order chi connectivity index (χ0) is 14.8. The van der Waals surface area contributed by atoms with Crippen molar-refractivity contribution in [1.29, 1.82) is 0 Å². The normalized spacial score (nSPS) is 17.3. The molecule has 1 aliphatic carbocycles. The van der Waals surface area contributed by atoms with Crippen LogP contribution in [0.15, 0.2) is 6.07 Å². The molecule has 2 aromatic heterocycles. The largest absolute Gasteiger partial charge is 0.367 e. The lowest BCUT2D eigenvalue weighted by Gasteiger charge is -2.21. The lowest BCUT2D eigenvalue weighted by molar-refractivity contribution is 0.481. The van der Waals surface area contributed by atoms with Gasteiger partial charge in [0.1, 0.15) is 10.6 Å². The number of aryl methyl sites for hydroxylation is 1. The number of fused-ring (bicyclic) bond motifs is 1. The number of nitrogen functional groups attached to an aromatic ring is 1. The predicted octanol–water partition coefficient (Wildman–Crippen LogP) is 3.53. The molecule has 0 bridgehead atoms. The summed E-state index contributed by atoms with van der Waals surface area (Å²) in [5.74, 6) is 7.63. The first-order valence-electron chi connectivity index (χ1n) is 7.75. The van der Waals surface area contributed by atoms with Crippen molar-refractivity contribution in [2.45, 2.75) is 52.0 Å². The second kappa shape index (κ2) is 6.15. The maximum absolute atomic E-state index is 5.50. The van der Waals surface area contributed by atoms with Crippen molar-refractivity contribution < 1.29 is 0 Å². The molecule has 0 spiro atoms. The highest BCUT2D eigenvalue weighted by Gasteiger charge is 2.22. The van der Waals surface area contributed by atoms with Crippen molar-refractivity contribution in [3.63, 3.8) is 0 Å². The minimum absolute atomic E-state index is 0.432. The van der Waals surface area contributed by atoms with Gasteiger partial charge in [0.15, 0.2) is 0 Å². The number of nitrogens with two attached hydrogens (primary N) is 1. The highest BCUT2D eigenvalue weighted by molar-refractivity contribution is 7.18. The lowest BCUT2D eigenvalue weighted by atomic mass is 10.00. The quantitative estimate of drug-likeness (QED) is 0.582. The van der Waals surface area contributed by atoms with Gasteiger partial charge in [0.25, 0.3) is 0 Å². The summed E-state index contributed by atoms with van der Waals surface area (Å²) in [6, 6.07) is 2.63. The van der Waals surface area contributed by atoms with E-state index in [2.05, 4.69) is 40.6 Å². The fourth-order valence-electron chi connectivity index (χ4n) is 3.11. The van der Waals surface area contributed by atoms with Crippen LogP contribution in [0.2, 0.25) is 0 Å². The number of anilines is 2. The maximum Gasteiger partial charge on any atom is 0.240 e. The van der Waals surface area contributed by atoms with E-state index in [0.29, 0.717) is 12.0 Å². The van der Waals surface area contributed by atoms with Crippen molar-refractivity contribution >= 4 is 33.3 Å². The van der Waals surface area contributed by atoms with Crippen molar-refractivity contribution in [3.05, 3.63) is 10.9 Å². The number of hydrogen-bond donors (Lipinski definition) is 3. The third kappa shape index (κ3) is 2.96. The molecule has 0 aliphatic heterocycles. The van der Waals surface area contributed by atoms with Gasteiger partial charge in [0.2, 0.25) is 5.95 Å². The fourth-order valence-corrected chi connectivity index (χ4v) is 4.08. The van der Waals surface area contributed by atoms with Gasteiger partial charge in [-0.3, -0.25) is 5.43 Å². The number of nitrogens with one attached hydrogen (secondary N) is 2. The molecule has 5 nitrogen and oxygen atoms in total.